The Balaban J connectivity index is -0.0000000914. The van der Waals surface area contributed by atoms with Crippen molar-refractivity contribution in [2.24, 2.45) is 0 Å². The minimum atomic E-state index is -2.73. The van der Waals surface area contributed by atoms with Gasteiger partial charge in [0.15, 0.2) is 0 Å². The molecule has 176 valence electrons. The Kier molecular flexibility index (Phi) is 26.7. The quantitative estimate of drug-likeness (QED) is 0.359. The van der Waals surface area contributed by atoms with Crippen LogP contribution in [0.3, 0.4) is 0 Å². The zero-order chi connectivity index (χ0) is 20.5. The van der Waals surface area contributed by atoms with Gasteiger partial charge in [-0.25, -0.2) is 0 Å². The van der Waals surface area contributed by atoms with Gasteiger partial charge in [0.05, 0.1) is 8.56 Å². The zero-order valence-electron chi connectivity index (χ0n) is 20.3. The van der Waals surface area contributed by atoms with Crippen molar-refractivity contribution in [2.45, 2.75) is 93.4 Å². The van der Waals surface area contributed by atoms with Crippen molar-refractivity contribution in [3.63, 3.8) is 0 Å². The molecule has 1 rings (SSSR count). The topological polar surface area (TPSA) is 119 Å². The fourth-order valence-corrected chi connectivity index (χ4v) is 29.0. The number of rotatable bonds is 2. The van der Waals surface area contributed by atoms with E-state index in [0.29, 0.717) is 0 Å². The van der Waals surface area contributed by atoms with E-state index in [1.165, 1.54) is 13.1 Å². The molecule has 30 heavy (non-hydrogen) atoms. The largest absolute Gasteiger partial charge is 1.00 e. The summed E-state index contributed by atoms with van der Waals surface area (Å²) in [6.45, 7) is 22.8. The molecule has 0 amide bonds. The van der Waals surface area contributed by atoms with Crippen LogP contribution in [0.15, 0.2) is 0 Å². The molecule has 0 spiro atoms. The summed E-state index contributed by atoms with van der Waals surface area (Å²) in [5.74, 6) is 0. The first-order valence-corrected chi connectivity index (χ1v) is 25.4. The summed E-state index contributed by atoms with van der Waals surface area (Å²) in [6.07, 6.45) is 0. The minimum Gasteiger partial charge on any atom is -0.870 e. The molecule has 2 N–H and O–H groups in total. The summed E-state index contributed by atoms with van der Waals surface area (Å²) < 4.78 is 29.5. The molecule has 0 aromatic carbocycles. The van der Waals surface area contributed by atoms with Gasteiger partial charge in [0.25, 0.3) is 0 Å². The zero-order valence-corrected chi connectivity index (χ0v) is 32.6. The first kappa shape index (κ1) is 47.5. The van der Waals surface area contributed by atoms with Crippen LogP contribution < -0.4 is 108 Å². The molecule has 0 unspecified atom stereocenters. The Morgan fingerprint density at radius 1 is 0.633 bits per heavy atom. The Labute approximate surface area is 278 Å². The van der Waals surface area contributed by atoms with Crippen LogP contribution in [0.25, 0.3) is 0 Å². The van der Waals surface area contributed by atoms with Crippen molar-refractivity contribution in [1.29, 1.82) is 0 Å². The molecule has 1 saturated heterocycles. The van der Waals surface area contributed by atoms with Gasteiger partial charge in [-0.2, -0.15) is 0 Å². The standard InChI is InChI=1S/C8H24O4Si4.C4H13O3Si2.2CH4.2K.H2O/c1-13(2)9-14(3,4)11-16(7,8)12-15(5,6)10-13;1-8(2,5)7-9(3,4)6;;;;;/h1-8H3;5H,1-4H3;2*1H4;;;1H2/q;-1;;;2*+1;/p-1. The van der Waals surface area contributed by atoms with Crippen molar-refractivity contribution >= 4 is 51.4 Å². The third-order valence-electron chi connectivity index (χ3n) is 2.46. The van der Waals surface area contributed by atoms with E-state index in [0.717, 1.165) is 0 Å². The molecule has 0 radical (unpaired) electrons. The summed E-state index contributed by atoms with van der Waals surface area (Å²) in [5.41, 5.74) is 0. The molecule has 8 nitrogen and oxygen atoms in total. The molecule has 0 saturated carbocycles. The van der Waals surface area contributed by atoms with Crippen LogP contribution in [-0.2, 0) is 20.6 Å². The van der Waals surface area contributed by atoms with Crippen molar-refractivity contribution in [1.82, 2.24) is 0 Å². The molecule has 0 atom stereocenters. The van der Waals surface area contributed by atoms with E-state index in [4.69, 9.17) is 25.4 Å². The maximum atomic E-state index is 10.9. The van der Waals surface area contributed by atoms with Gasteiger partial charge >= 0.3 is 146 Å². The van der Waals surface area contributed by atoms with Crippen LogP contribution in [0.5, 0.6) is 0 Å². The van der Waals surface area contributed by atoms with Crippen molar-refractivity contribution in [3.05, 3.63) is 0 Å². The summed E-state index contributed by atoms with van der Waals surface area (Å²) in [4.78, 5) is 20.0. The monoisotopic (exact) mass is 588 g/mol. The average Bonchev–Trinajstić information content (AvgIpc) is 1.97. The SMILES string of the molecule is C.C.C[Si](C)([O-])O[Si](C)(C)O.C[Si]1(C)O[Si](C)(C)O[Si](C)(C)O[Si](C)(C)O1.[K+].[K+].[OH-]. The average molecular weight is 589 g/mol. The van der Waals surface area contributed by atoms with Gasteiger partial charge in [0.1, 0.15) is 0 Å². The molecule has 0 aromatic rings. The van der Waals surface area contributed by atoms with E-state index < -0.39 is 51.4 Å². The predicted molar refractivity (Wildman–Crippen MR) is 128 cm³/mol. The molecule has 0 bridgehead atoms. The van der Waals surface area contributed by atoms with Gasteiger partial charge in [-0.05, 0) is 65.5 Å². The number of hydrogen-bond acceptors (Lipinski definition) is 8. The van der Waals surface area contributed by atoms with E-state index in [2.05, 4.69) is 52.4 Å². The third-order valence-corrected chi connectivity index (χ3v) is 22.2. The van der Waals surface area contributed by atoms with Crippen LogP contribution >= 0.6 is 0 Å². The molecule has 1 aliphatic heterocycles. The first-order valence-electron chi connectivity index (χ1n) is 8.47. The molecule has 1 fully saturated rings. The first-order chi connectivity index (χ1) is 10.5. The smallest absolute Gasteiger partial charge is 0.870 e. The van der Waals surface area contributed by atoms with Crippen LogP contribution in [0.4, 0.5) is 0 Å². The van der Waals surface area contributed by atoms with Gasteiger partial charge in [-0.1, -0.05) is 27.9 Å². The van der Waals surface area contributed by atoms with E-state index in [-0.39, 0.29) is 123 Å². The second kappa shape index (κ2) is 16.9. The fourth-order valence-electron chi connectivity index (χ4n) is 3.05. The molecule has 0 aliphatic carbocycles. The van der Waals surface area contributed by atoms with Gasteiger partial charge in [0.2, 0.25) is 0 Å². The Morgan fingerprint density at radius 3 is 0.867 bits per heavy atom. The van der Waals surface area contributed by atoms with Crippen molar-refractivity contribution in [2.75, 3.05) is 0 Å². The van der Waals surface area contributed by atoms with Gasteiger partial charge in [0, 0.05) is 0 Å². The van der Waals surface area contributed by atoms with Gasteiger partial charge in [-0.3, -0.25) is 0 Å². The fraction of sp³-hybridized carbons (Fsp3) is 1.00. The summed E-state index contributed by atoms with van der Waals surface area (Å²) >= 11 is 0. The van der Waals surface area contributed by atoms with Crippen LogP contribution in [-0.4, -0.2) is 61.6 Å². The Hall–Kier alpha value is 4.25. The molecular formula is C14H46K2O8Si6. The van der Waals surface area contributed by atoms with Crippen LogP contribution in [0.2, 0.25) is 78.6 Å². The van der Waals surface area contributed by atoms with E-state index in [1.807, 2.05) is 0 Å². The van der Waals surface area contributed by atoms with Gasteiger partial charge in [-0.15, -0.1) is 0 Å². The van der Waals surface area contributed by atoms with Gasteiger partial charge < -0.3 is 35.6 Å². The normalized spacial score (nSPS) is 21.0. The Bertz CT molecular complexity index is 373. The molecule has 16 heteroatoms. The summed E-state index contributed by atoms with van der Waals surface area (Å²) in [7, 11) is -13.7. The van der Waals surface area contributed by atoms with E-state index >= 15 is 0 Å². The minimum absolute atomic E-state index is 0. The van der Waals surface area contributed by atoms with E-state index in [9.17, 15) is 4.80 Å². The third kappa shape index (κ3) is 26.9. The molecule has 1 heterocycles. The molecule has 1 aliphatic rings. The van der Waals surface area contributed by atoms with E-state index in [1.54, 1.807) is 13.1 Å². The van der Waals surface area contributed by atoms with Crippen molar-refractivity contribution < 1.29 is 138 Å². The van der Waals surface area contributed by atoms with Crippen LogP contribution in [0.1, 0.15) is 14.9 Å². The summed E-state index contributed by atoms with van der Waals surface area (Å²) in [6, 6.07) is 0. The predicted octanol–water partition coefficient (Wildman–Crippen LogP) is -2.26. The molecular weight excluding hydrogens is 543 g/mol. The Morgan fingerprint density at radius 2 is 0.800 bits per heavy atom. The van der Waals surface area contributed by atoms with Crippen molar-refractivity contribution in [3.8, 4) is 0 Å². The summed E-state index contributed by atoms with van der Waals surface area (Å²) in [5, 5.41) is 0. The second-order valence-corrected chi connectivity index (χ2v) is 29.9. The maximum absolute atomic E-state index is 10.9. The van der Waals surface area contributed by atoms with Crippen LogP contribution in [0, 0.1) is 0 Å². The maximum Gasteiger partial charge on any atom is 1.00 e. The second-order valence-electron chi connectivity index (χ2n) is 8.96. The number of hydrogen-bond donors (Lipinski definition) is 1. The molecule has 0 aromatic heterocycles.